The molecule has 0 saturated heterocycles. The molecule has 1 unspecified atom stereocenters. The molecule has 0 radical (unpaired) electrons. The molecule has 2 aromatic carbocycles. The van der Waals surface area contributed by atoms with E-state index in [-0.39, 0.29) is 30.4 Å². The number of hydrogen-bond acceptors (Lipinski definition) is 4. The predicted octanol–water partition coefficient (Wildman–Crippen LogP) is 3.25. The molecule has 9 heteroatoms. The van der Waals surface area contributed by atoms with Gasteiger partial charge in [-0.3, -0.25) is 14.3 Å². The van der Waals surface area contributed by atoms with E-state index in [2.05, 4.69) is 10.4 Å². The van der Waals surface area contributed by atoms with E-state index in [1.54, 1.807) is 24.3 Å². The highest BCUT2D eigenvalue weighted by atomic mass is 19.1. The lowest BCUT2D eigenvalue weighted by Crippen LogP contribution is -2.43. The molecule has 5 rings (SSSR count). The van der Waals surface area contributed by atoms with Gasteiger partial charge in [-0.25, -0.2) is 13.2 Å². The molecular weight excluding hydrogens is 433 g/mol. The Morgan fingerprint density at radius 3 is 2.82 bits per heavy atom. The highest BCUT2D eigenvalue weighted by Gasteiger charge is 2.51. The van der Waals surface area contributed by atoms with E-state index in [0.717, 1.165) is 12.3 Å². The fourth-order valence-corrected chi connectivity index (χ4v) is 4.56. The van der Waals surface area contributed by atoms with Gasteiger partial charge in [0.15, 0.2) is 17.3 Å². The molecule has 33 heavy (non-hydrogen) atoms. The second kappa shape index (κ2) is 7.89. The first-order chi connectivity index (χ1) is 15.8. The summed E-state index contributed by atoms with van der Waals surface area (Å²) in [5, 5.41) is 15.6. The van der Waals surface area contributed by atoms with Gasteiger partial charge in [0.25, 0.3) is 5.91 Å². The van der Waals surface area contributed by atoms with Gasteiger partial charge in [0.05, 0.1) is 30.4 Å². The van der Waals surface area contributed by atoms with Gasteiger partial charge in [-0.2, -0.15) is 10.4 Å². The van der Waals surface area contributed by atoms with E-state index in [1.165, 1.54) is 10.7 Å². The van der Waals surface area contributed by atoms with Gasteiger partial charge in [0, 0.05) is 12.5 Å². The quantitative estimate of drug-likeness (QED) is 0.661. The number of nitrogens with zero attached hydrogens (tertiary/aromatic N) is 3. The summed E-state index contributed by atoms with van der Waals surface area (Å²) >= 11 is 0. The van der Waals surface area contributed by atoms with Crippen LogP contribution in [0, 0.1) is 34.7 Å². The Morgan fingerprint density at radius 2 is 2.03 bits per heavy atom. The summed E-state index contributed by atoms with van der Waals surface area (Å²) < 4.78 is 43.7. The lowest BCUT2D eigenvalue weighted by Gasteiger charge is -2.15. The fraction of sp³-hybridized carbons (Fsp3) is 0.250. The molecule has 1 amide bonds. The maximum Gasteiger partial charge on any atom is 0.275 e. The van der Waals surface area contributed by atoms with Crippen molar-refractivity contribution >= 4 is 11.7 Å². The summed E-state index contributed by atoms with van der Waals surface area (Å²) in [5.41, 5.74) is 1.30. The first kappa shape index (κ1) is 20.9. The van der Waals surface area contributed by atoms with E-state index in [4.69, 9.17) is 5.26 Å². The molecule has 1 saturated carbocycles. The van der Waals surface area contributed by atoms with Crippen molar-refractivity contribution in [3.63, 3.8) is 0 Å². The number of nitriles is 1. The van der Waals surface area contributed by atoms with Crippen LogP contribution >= 0.6 is 0 Å². The van der Waals surface area contributed by atoms with E-state index in [1.807, 2.05) is 6.07 Å². The van der Waals surface area contributed by atoms with Gasteiger partial charge in [-0.05, 0) is 53.1 Å². The Balaban J connectivity index is 1.34. The van der Waals surface area contributed by atoms with Gasteiger partial charge in [-0.1, -0.05) is 12.1 Å². The monoisotopic (exact) mass is 450 g/mol. The fourth-order valence-electron chi connectivity index (χ4n) is 4.56. The average molecular weight is 450 g/mol. The maximum absolute atomic E-state index is 14.5. The molecular formula is C24H17F3N4O2. The third-order valence-electron chi connectivity index (χ3n) is 6.18. The standard InChI is InChI=1S/C24H17F3N4O2/c25-14-5-15-16-7-18(16)22(21(32)8-17(15)19(26)6-14)29-24(33)23-20(27)11-31(30-23)10-13-3-1-2-12(4-13)9-28/h1-6,11,16,18,22H,7-8,10H2,(H,29,33)/t16-,18?,22+/m0/s1. The first-order valence-corrected chi connectivity index (χ1v) is 10.4. The molecule has 1 fully saturated rings. The van der Waals surface area contributed by atoms with Gasteiger partial charge in [0.2, 0.25) is 0 Å². The van der Waals surface area contributed by atoms with Gasteiger partial charge in [0.1, 0.15) is 11.6 Å². The van der Waals surface area contributed by atoms with Crippen molar-refractivity contribution in [3.05, 3.63) is 88.0 Å². The van der Waals surface area contributed by atoms with Crippen molar-refractivity contribution < 1.29 is 22.8 Å². The summed E-state index contributed by atoms with van der Waals surface area (Å²) in [7, 11) is 0. The Labute approximate surface area is 186 Å². The van der Waals surface area contributed by atoms with Gasteiger partial charge < -0.3 is 5.32 Å². The number of fused-ring (bicyclic) bond motifs is 3. The predicted molar refractivity (Wildman–Crippen MR) is 110 cm³/mol. The molecule has 1 aromatic heterocycles. The molecule has 6 nitrogen and oxygen atoms in total. The minimum Gasteiger partial charge on any atom is -0.340 e. The molecule has 1 heterocycles. The van der Waals surface area contributed by atoms with Crippen LogP contribution in [0.4, 0.5) is 13.2 Å². The van der Waals surface area contributed by atoms with Crippen molar-refractivity contribution in [3.8, 4) is 6.07 Å². The zero-order valence-corrected chi connectivity index (χ0v) is 17.2. The molecule has 0 aliphatic heterocycles. The number of amides is 1. The van der Waals surface area contributed by atoms with Crippen molar-refractivity contribution in [2.45, 2.75) is 31.3 Å². The second-order valence-corrected chi connectivity index (χ2v) is 8.39. The second-order valence-electron chi connectivity index (χ2n) is 8.39. The Hall–Kier alpha value is -3.93. The van der Waals surface area contributed by atoms with E-state index in [0.29, 0.717) is 23.1 Å². The van der Waals surface area contributed by atoms with Crippen LogP contribution in [0.25, 0.3) is 0 Å². The van der Waals surface area contributed by atoms with Crippen molar-refractivity contribution in [2.24, 2.45) is 5.92 Å². The molecule has 1 N–H and O–H groups in total. The van der Waals surface area contributed by atoms with Crippen LogP contribution in [-0.4, -0.2) is 27.5 Å². The largest absolute Gasteiger partial charge is 0.340 e. The minimum absolute atomic E-state index is 0.146. The Morgan fingerprint density at radius 1 is 1.21 bits per heavy atom. The molecule has 2 aliphatic carbocycles. The summed E-state index contributed by atoms with van der Waals surface area (Å²) in [6.07, 6.45) is 1.29. The number of ketones is 1. The van der Waals surface area contributed by atoms with Crippen molar-refractivity contribution in [2.75, 3.05) is 0 Å². The molecule has 166 valence electrons. The zero-order chi connectivity index (χ0) is 23.3. The number of hydrogen-bond donors (Lipinski definition) is 1. The van der Waals surface area contributed by atoms with E-state index in [9.17, 15) is 22.8 Å². The summed E-state index contributed by atoms with van der Waals surface area (Å²) in [6, 6.07) is 9.78. The third kappa shape index (κ3) is 3.89. The highest BCUT2D eigenvalue weighted by Crippen LogP contribution is 2.53. The van der Waals surface area contributed by atoms with Gasteiger partial charge in [-0.15, -0.1) is 0 Å². The average Bonchev–Trinajstić information content (AvgIpc) is 3.49. The molecule has 2 aliphatic rings. The van der Waals surface area contributed by atoms with Crippen LogP contribution in [-0.2, 0) is 17.8 Å². The molecule has 0 bridgehead atoms. The number of carbonyl (C=O) groups is 2. The lowest BCUT2D eigenvalue weighted by molar-refractivity contribution is -0.120. The number of carbonyl (C=O) groups excluding carboxylic acids is 2. The van der Waals surface area contributed by atoms with Crippen molar-refractivity contribution in [1.82, 2.24) is 15.1 Å². The smallest absolute Gasteiger partial charge is 0.275 e. The first-order valence-electron chi connectivity index (χ1n) is 10.4. The normalized spacial score (nSPS) is 20.9. The van der Waals surface area contributed by atoms with Crippen molar-refractivity contribution in [1.29, 1.82) is 5.26 Å². The molecule has 3 atom stereocenters. The number of benzene rings is 2. The Kier molecular flexibility index (Phi) is 5.01. The Bertz CT molecular complexity index is 1340. The summed E-state index contributed by atoms with van der Waals surface area (Å²) in [5.74, 6) is -4.14. The lowest BCUT2D eigenvalue weighted by atomic mass is 9.99. The number of nitrogens with one attached hydrogen (secondary N) is 1. The zero-order valence-electron chi connectivity index (χ0n) is 17.2. The number of rotatable bonds is 4. The summed E-state index contributed by atoms with van der Waals surface area (Å²) in [4.78, 5) is 25.5. The van der Waals surface area contributed by atoms with Gasteiger partial charge >= 0.3 is 0 Å². The van der Waals surface area contributed by atoms with Crippen LogP contribution in [0.1, 0.15) is 45.1 Å². The minimum atomic E-state index is -0.936. The maximum atomic E-state index is 14.5. The molecule has 0 spiro atoms. The van der Waals surface area contributed by atoms with Crippen LogP contribution in [0.15, 0.2) is 42.6 Å². The SMILES string of the molecule is N#Cc1cccc(Cn2cc(F)c(C(=O)N[C@H]3C(=O)Cc4c(F)cc(F)cc4[C@@H]4CC34)n2)c1. The number of Topliss-reactive ketones (excluding diaryl/α,β-unsaturated/α-hetero) is 1. The van der Waals surface area contributed by atoms with Crippen LogP contribution < -0.4 is 5.32 Å². The molecule has 3 aromatic rings. The third-order valence-corrected chi connectivity index (χ3v) is 6.18. The van der Waals surface area contributed by atoms with Crippen LogP contribution in [0.5, 0.6) is 0 Å². The summed E-state index contributed by atoms with van der Waals surface area (Å²) in [6.45, 7) is 0.146. The van der Waals surface area contributed by atoms with Crippen LogP contribution in [0.2, 0.25) is 0 Å². The van der Waals surface area contributed by atoms with E-state index >= 15 is 0 Å². The number of halogens is 3. The topological polar surface area (TPSA) is 87.8 Å². The van der Waals surface area contributed by atoms with E-state index < -0.39 is 40.9 Å². The highest BCUT2D eigenvalue weighted by molar-refractivity contribution is 5.98. The number of aromatic nitrogens is 2. The van der Waals surface area contributed by atoms with Crippen LogP contribution in [0.3, 0.4) is 0 Å².